The highest BCUT2D eigenvalue weighted by Crippen LogP contribution is 2.09. The Morgan fingerprint density at radius 2 is 1.95 bits per heavy atom. The summed E-state index contributed by atoms with van der Waals surface area (Å²) in [7, 11) is 1.75. The molecule has 0 aliphatic heterocycles. The molecule has 0 saturated carbocycles. The summed E-state index contributed by atoms with van der Waals surface area (Å²) in [6.07, 6.45) is 0. The van der Waals surface area contributed by atoms with E-state index in [4.69, 9.17) is 0 Å². The van der Waals surface area contributed by atoms with Gasteiger partial charge < -0.3 is 10.2 Å². The second-order valence-corrected chi connectivity index (χ2v) is 4.77. The monoisotopic (exact) mass is 274 g/mol. The molecule has 0 spiro atoms. The normalized spacial score (nSPS) is 11.2. The van der Waals surface area contributed by atoms with Crippen LogP contribution in [0, 0.1) is 0 Å². The predicted octanol–water partition coefficient (Wildman–Crippen LogP) is 1.69. The Kier molecular flexibility index (Phi) is 4.74. The van der Waals surface area contributed by atoms with Gasteiger partial charge in [-0.05, 0) is 25.2 Å². The number of anilines is 1. The lowest BCUT2D eigenvalue weighted by atomic mass is 10.2. The number of aromatic nitrogens is 2. The van der Waals surface area contributed by atoms with Crippen LogP contribution in [0.5, 0.6) is 0 Å². The fraction of sp³-hybridized carbons (Fsp3) is 0.467. The van der Waals surface area contributed by atoms with Gasteiger partial charge in [0.25, 0.3) is 5.56 Å². The Hall–Kier alpha value is -1.88. The highest BCUT2D eigenvalue weighted by atomic mass is 16.1. The highest BCUT2D eigenvalue weighted by Gasteiger charge is 2.07. The van der Waals surface area contributed by atoms with Crippen molar-refractivity contribution in [3.05, 3.63) is 34.6 Å². The summed E-state index contributed by atoms with van der Waals surface area (Å²) in [4.78, 5) is 19.1. The summed E-state index contributed by atoms with van der Waals surface area (Å²) in [6.45, 7) is 8.07. The molecular formula is C15H22N4O. The smallest absolute Gasteiger partial charge is 0.262 e. The number of likely N-dealkylation sites (N-methyl/N-ethyl adjacent to an activating group) is 1. The van der Waals surface area contributed by atoms with E-state index in [9.17, 15) is 4.79 Å². The number of rotatable bonds is 6. The van der Waals surface area contributed by atoms with Gasteiger partial charge >= 0.3 is 0 Å². The van der Waals surface area contributed by atoms with Crippen molar-refractivity contribution in [3.63, 3.8) is 0 Å². The number of fused-ring (bicyclic) bond motifs is 1. The molecule has 2 aromatic rings. The van der Waals surface area contributed by atoms with E-state index in [1.165, 1.54) is 0 Å². The fourth-order valence-electron chi connectivity index (χ4n) is 2.24. The Morgan fingerprint density at radius 1 is 1.25 bits per heavy atom. The van der Waals surface area contributed by atoms with E-state index < -0.39 is 0 Å². The van der Waals surface area contributed by atoms with Crippen molar-refractivity contribution in [1.82, 2.24) is 14.5 Å². The molecular weight excluding hydrogens is 252 g/mol. The number of nitrogens with one attached hydrogen (secondary N) is 1. The lowest BCUT2D eigenvalue weighted by molar-refractivity contribution is 0.315. The van der Waals surface area contributed by atoms with Gasteiger partial charge in [-0.15, -0.1) is 0 Å². The van der Waals surface area contributed by atoms with Gasteiger partial charge in [0.15, 0.2) is 0 Å². The van der Waals surface area contributed by atoms with Crippen LogP contribution in [-0.4, -0.2) is 40.6 Å². The maximum Gasteiger partial charge on any atom is 0.262 e. The molecule has 0 amide bonds. The van der Waals surface area contributed by atoms with E-state index in [1.807, 2.05) is 24.3 Å². The van der Waals surface area contributed by atoms with Crippen molar-refractivity contribution in [2.24, 2.45) is 7.05 Å². The molecule has 0 aliphatic rings. The van der Waals surface area contributed by atoms with Crippen LogP contribution < -0.4 is 10.9 Å². The maximum absolute atomic E-state index is 12.2. The first-order chi connectivity index (χ1) is 9.67. The zero-order chi connectivity index (χ0) is 14.5. The molecule has 1 N–H and O–H groups in total. The zero-order valence-electron chi connectivity index (χ0n) is 12.4. The summed E-state index contributed by atoms with van der Waals surface area (Å²) >= 11 is 0. The van der Waals surface area contributed by atoms with Gasteiger partial charge in [-0.1, -0.05) is 26.0 Å². The van der Waals surface area contributed by atoms with Gasteiger partial charge in [-0.3, -0.25) is 9.36 Å². The minimum atomic E-state index is -0.0130. The first kappa shape index (κ1) is 14.5. The number of hydrogen-bond donors (Lipinski definition) is 1. The Balaban J connectivity index is 2.18. The van der Waals surface area contributed by atoms with Crippen LogP contribution >= 0.6 is 0 Å². The predicted molar refractivity (Wildman–Crippen MR) is 83.3 cm³/mol. The van der Waals surface area contributed by atoms with Crippen molar-refractivity contribution in [2.75, 3.05) is 31.5 Å². The molecule has 20 heavy (non-hydrogen) atoms. The quantitative estimate of drug-likeness (QED) is 0.871. The molecule has 0 radical (unpaired) electrons. The van der Waals surface area contributed by atoms with Crippen molar-refractivity contribution in [1.29, 1.82) is 0 Å². The largest absolute Gasteiger partial charge is 0.354 e. The van der Waals surface area contributed by atoms with Crippen LogP contribution in [0.15, 0.2) is 29.1 Å². The Labute approximate surface area is 119 Å². The lowest BCUT2D eigenvalue weighted by Gasteiger charge is -2.18. The Morgan fingerprint density at radius 3 is 2.65 bits per heavy atom. The van der Waals surface area contributed by atoms with E-state index >= 15 is 0 Å². The van der Waals surface area contributed by atoms with E-state index in [1.54, 1.807) is 11.6 Å². The van der Waals surface area contributed by atoms with Gasteiger partial charge in [0.1, 0.15) is 0 Å². The summed E-state index contributed by atoms with van der Waals surface area (Å²) in [6, 6.07) is 7.43. The molecule has 0 unspecified atom stereocenters. The van der Waals surface area contributed by atoms with Crippen LogP contribution in [0.4, 0.5) is 5.95 Å². The maximum atomic E-state index is 12.2. The topological polar surface area (TPSA) is 50.2 Å². The van der Waals surface area contributed by atoms with Gasteiger partial charge in [-0.25, -0.2) is 4.98 Å². The summed E-state index contributed by atoms with van der Waals surface area (Å²) < 4.78 is 1.57. The average Bonchev–Trinajstić information content (AvgIpc) is 2.48. The lowest BCUT2D eigenvalue weighted by Crippen LogP contribution is -2.30. The molecule has 5 heteroatoms. The first-order valence-electron chi connectivity index (χ1n) is 7.09. The molecule has 108 valence electrons. The molecule has 1 aromatic carbocycles. The first-order valence-corrected chi connectivity index (χ1v) is 7.09. The van der Waals surface area contributed by atoms with Crippen molar-refractivity contribution < 1.29 is 0 Å². The van der Waals surface area contributed by atoms with Crippen molar-refractivity contribution in [3.8, 4) is 0 Å². The van der Waals surface area contributed by atoms with Crippen LogP contribution in [0.2, 0.25) is 0 Å². The van der Waals surface area contributed by atoms with E-state index in [0.29, 0.717) is 11.3 Å². The van der Waals surface area contributed by atoms with Crippen LogP contribution in [0.1, 0.15) is 13.8 Å². The Bertz CT molecular complexity index is 631. The third-order valence-corrected chi connectivity index (χ3v) is 3.59. The molecule has 1 heterocycles. The number of para-hydroxylation sites is 1. The molecule has 1 aromatic heterocycles. The molecule has 5 nitrogen and oxygen atoms in total. The van der Waals surface area contributed by atoms with Gasteiger partial charge in [-0.2, -0.15) is 0 Å². The third-order valence-electron chi connectivity index (χ3n) is 3.59. The minimum Gasteiger partial charge on any atom is -0.354 e. The number of nitrogens with zero attached hydrogens (tertiary/aromatic N) is 3. The fourth-order valence-corrected chi connectivity index (χ4v) is 2.24. The van der Waals surface area contributed by atoms with E-state index in [0.717, 1.165) is 31.7 Å². The second-order valence-electron chi connectivity index (χ2n) is 4.77. The third kappa shape index (κ3) is 2.99. The SMILES string of the molecule is CCN(CC)CCNc1nc2ccccc2c(=O)n1C. The molecule has 0 aliphatic carbocycles. The van der Waals surface area contributed by atoms with Gasteiger partial charge in [0, 0.05) is 20.1 Å². The van der Waals surface area contributed by atoms with Crippen LogP contribution in [0.25, 0.3) is 10.9 Å². The summed E-state index contributed by atoms with van der Waals surface area (Å²) in [5, 5.41) is 3.91. The molecule has 0 atom stereocenters. The van der Waals surface area contributed by atoms with Crippen LogP contribution in [0.3, 0.4) is 0 Å². The van der Waals surface area contributed by atoms with E-state index in [-0.39, 0.29) is 5.56 Å². The number of benzene rings is 1. The summed E-state index contributed by atoms with van der Waals surface area (Å²) in [5.41, 5.74) is 0.724. The highest BCUT2D eigenvalue weighted by molar-refractivity contribution is 5.78. The second kappa shape index (κ2) is 6.52. The van der Waals surface area contributed by atoms with Crippen LogP contribution in [-0.2, 0) is 7.05 Å². The van der Waals surface area contributed by atoms with Crippen molar-refractivity contribution in [2.45, 2.75) is 13.8 Å². The average molecular weight is 274 g/mol. The standard InChI is InChI=1S/C15H22N4O/c1-4-19(5-2)11-10-16-15-17-13-9-7-6-8-12(13)14(20)18(15)3/h6-9H,4-5,10-11H2,1-3H3,(H,16,17). The van der Waals surface area contributed by atoms with Gasteiger partial charge in [0.05, 0.1) is 10.9 Å². The summed E-state index contributed by atoms with van der Waals surface area (Å²) in [5.74, 6) is 0.626. The van der Waals surface area contributed by atoms with Gasteiger partial charge in [0.2, 0.25) is 5.95 Å². The molecule has 2 rings (SSSR count). The minimum absolute atomic E-state index is 0.0130. The molecule has 0 fully saturated rings. The van der Waals surface area contributed by atoms with Crippen molar-refractivity contribution >= 4 is 16.9 Å². The molecule has 0 bridgehead atoms. The van der Waals surface area contributed by atoms with E-state index in [2.05, 4.69) is 29.0 Å². The molecule has 0 saturated heterocycles. The number of hydrogen-bond acceptors (Lipinski definition) is 4. The zero-order valence-corrected chi connectivity index (χ0v) is 12.4.